The van der Waals surface area contributed by atoms with Gasteiger partial charge in [0.15, 0.2) is 0 Å². The van der Waals surface area contributed by atoms with Crippen LogP contribution < -0.4 is 0 Å². The molecular weight excluding hydrogens is 272 g/mol. The summed E-state index contributed by atoms with van der Waals surface area (Å²) in [5, 5.41) is 0. The largest absolute Gasteiger partial charge is 0.129 e. The van der Waals surface area contributed by atoms with E-state index < -0.39 is 16.1 Å². The van der Waals surface area contributed by atoms with Crippen molar-refractivity contribution in [2.45, 2.75) is 53.1 Å². The SMILES string of the molecule is Cc1c(C#C[Si](C)(C)C)ccc(C#C[Si](C)(C)C)c1C. The lowest BCUT2D eigenvalue weighted by Crippen LogP contribution is -2.16. The molecule has 2 heteroatoms. The van der Waals surface area contributed by atoms with Crippen molar-refractivity contribution in [1.82, 2.24) is 0 Å². The van der Waals surface area contributed by atoms with Gasteiger partial charge in [-0.3, -0.25) is 0 Å². The van der Waals surface area contributed by atoms with E-state index in [2.05, 4.69) is 88.2 Å². The normalized spacial score (nSPS) is 11.2. The summed E-state index contributed by atoms with van der Waals surface area (Å²) in [6, 6.07) is 4.26. The molecule has 0 aliphatic heterocycles. The molecule has 0 aromatic heterocycles. The minimum Gasteiger partial charge on any atom is -0.127 e. The Labute approximate surface area is 127 Å². The molecule has 0 N–H and O–H groups in total. The van der Waals surface area contributed by atoms with Crippen LogP contribution in [-0.4, -0.2) is 16.1 Å². The van der Waals surface area contributed by atoms with E-state index >= 15 is 0 Å². The Kier molecular flexibility index (Phi) is 5.08. The number of hydrogen-bond donors (Lipinski definition) is 0. The summed E-state index contributed by atoms with van der Waals surface area (Å²) in [5.41, 5.74) is 11.7. The Morgan fingerprint density at radius 3 is 1.20 bits per heavy atom. The first-order valence-corrected chi connectivity index (χ1v) is 14.2. The maximum atomic E-state index is 3.44. The zero-order valence-corrected chi connectivity index (χ0v) is 16.2. The van der Waals surface area contributed by atoms with E-state index in [4.69, 9.17) is 0 Å². The summed E-state index contributed by atoms with van der Waals surface area (Å²) in [6.45, 7) is 18.0. The van der Waals surface area contributed by atoms with Crippen LogP contribution in [0.3, 0.4) is 0 Å². The fourth-order valence-corrected chi connectivity index (χ4v) is 2.62. The van der Waals surface area contributed by atoms with E-state index in [1.165, 1.54) is 11.1 Å². The van der Waals surface area contributed by atoms with E-state index in [1.807, 2.05) is 0 Å². The summed E-state index contributed by atoms with van der Waals surface area (Å²) in [5.74, 6) is 6.73. The first kappa shape index (κ1) is 16.8. The van der Waals surface area contributed by atoms with Gasteiger partial charge in [0, 0.05) is 11.1 Å². The lowest BCUT2D eigenvalue weighted by atomic mass is 9.99. The Bertz CT molecular complexity index is 561. The quantitative estimate of drug-likeness (QED) is 0.478. The Morgan fingerprint density at radius 1 is 0.650 bits per heavy atom. The topological polar surface area (TPSA) is 0 Å². The predicted molar refractivity (Wildman–Crippen MR) is 96.4 cm³/mol. The molecule has 0 atom stereocenters. The van der Waals surface area contributed by atoms with Crippen LogP contribution in [0.2, 0.25) is 39.3 Å². The minimum absolute atomic E-state index is 1.16. The standard InChI is InChI=1S/C18H26Si2/c1-15-16(2)18(12-14-20(6,7)8)10-9-17(15)11-13-19(3,4)5/h9-10H,1-8H3. The van der Waals surface area contributed by atoms with Crippen molar-refractivity contribution in [3.05, 3.63) is 34.4 Å². The van der Waals surface area contributed by atoms with Crippen LogP contribution in [0.25, 0.3) is 0 Å². The van der Waals surface area contributed by atoms with E-state index in [0.717, 1.165) is 11.1 Å². The van der Waals surface area contributed by atoms with Crippen molar-refractivity contribution in [1.29, 1.82) is 0 Å². The molecule has 106 valence electrons. The maximum Gasteiger partial charge on any atom is 0.129 e. The Balaban J connectivity index is 3.22. The van der Waals surface area contributed by atoms with Gasteiger partial charge in [-0.25, -0.2) is 0 Å². The summed E-state index contributed by atoms with van der Waals surface area (Å²) in [7, 11) is -2.63. The van der Waals surface area contributed by atoms with Gasteiger partial charge in [-0.15, -0.1) is 11.1 Å². The third-order valence-corrected chi connectivity index (χ3v) is 4.68. The second kappa shape index (κ2) is 6.04. The fraction of sp³-hybridized carbons (Fsp3) is 0.444. The molecule has 0 bridgehead atoms. The van der Waals surface area contributed by atoms with Crippen LogP contribution >= 0.6 is 0 Å². The van der Waals surface area contributed by atoms with Gasteiger partial charge in [0.2, 0.25) is 0 Å². The molecule has 0 amide bonds. The first-order valence-electron chi connectivity index (χ1n) is 7.16. The Morgan fingerprint density at radius 2 is 0.950 bits per heavy atom. The van der Waals surface area contributed by atoms with Crippen LogP contribution in [0, 0.1) is 36.8 Å². The van der Waals surface area contributed by atoms with Crippen LogP contribution in [0.15, 0.2) is 12.1 Å². The highest BCUT2D eigenvalue weighted by atomic mass is 28.3. The third-order valence-electron chi connectivity index (χ3n) is 2.93. The molecule has 1 aromatic rings. The van der Waals surface area contributed by atoms with Crippen LogP contribution in [-0.2, 0) is 0 Å². The second-order valence-electron chi connectivity index (χ2n) is 7.41. The van der Waals surface area contributed by atoms with Gasteiger partial charge < -0.3 is 0 Å². The molecule has 0 aliphatic carbocycles. The lowest BCUT2D eigenvalue weighted by Gasteiger charge is -2.09. The summed E-state index contributed by atoms with van der Waals surface area (Å²) < 4.78 is 0. The van der Waals surface area contributed by atoms with E-state index in [-0.39, 0.29) is 0 Å². The van der Waals surface area contributed by atoms with Crippen molar-refractivity contribution >= 4 is 16.1 Å². The molecule has 0 saturated heterocycles. The van der Waals surface area contributed by atoms with Crippen molar-refractivity contribution < 1.29 is 0 Å². The van der Waals surface area contributed by atoms with Gasteiger partial charge in [-0.05, 0) is 37.1 Å². The number of benzene rings is 1. The molecule has 0 spiro atoms. The molecule has 1 aromatic carbocycles. The maximum absolute atomic E-state index is 3.44. The molecule has 0 heterocycles. The van der Waals surface area contributed by atoms with Crippen molar-refractivity contribution in [2.24, 2.45) is 0 Å². The van der Waals surface area contributed by atoms with Crippen molar-refractivity contribution in [3.8, 4) is 22.9 Å². The van der Waals surface area contributed by atoms with E-state index in [0.29, 0.717) is 0 Å². The zero-order valence-electron chi connectivity index (χ0n) is 14.2. The van der Waals surface area contributed by atoms with Crippen LogP contribution in [0.1, 0.15) is 22.3 Å². The monoisotopic (exact) mass is 298 g/mol. The smallest absolute Gasteiger partial charge is 0.127 e. The van der Waals surface area contributed by atoms with Gasteiger partial charge in [-0.2, -0.15) is 0 Å². The van der Waals surface area contributed by atoms with Crippen molar-refractivity contribution in [3.63, 3.8) is 0 Å². The molecule has 0 unspecified atom stereocenters. The minimum atomic E-state index is -1.32. The molecule has 0 fully saturated rings. The predicted octanol–water partition coefficient (Wildman–Crippen LogP) is 4.76. The fourth-order valence-electron chi connectivity index (χ4n) is 1.60. The average molecular weight is 299 g/mol. The molecular formula is C18H26Si2. The molecule has 0 nitrogen and oxygen atoms in total. The first-order chi connectivity index (χ1) is 8.99. The second-order valence-corrected chi connectivity index (χ2v) is 16.9. The summed E-state index contributed by atoms with van der Waals surface area (Å²) in [4.78, 5) is 0. The highest BCUT2D eigenvalue weighted by molar-refractivity contribution is 6.84. The van der Waals surface area contributed by atoms with E-state index in [9.17, 15) is 0 Å². The highest BCUT2D eigenvalue weighted by Crippen LogP contribution is 2.17. The van der Waals surface area contributed by atoms with Crippen LogP contribution in [0.5, 0.6) is 0 Å². The van der Waals surface area contributed by atoms with Gasteiger partial charge in [0.25, 0.3) is 0 Å². The van der Waals surface area contributed by atoms with Crippen LogP contribution in [0.4, 0.5) is 0 Å². The van der Waals surface area contributed by atoms with Gasteiger partial charge in [-0.1, -0.05) is 51.1 Å². The molecule has 20 heavy (non-hydrogen) atoms. The summed E-state index contributed by atoms with van der Waals surface area (Å²) >= 11 is 0. The van der Waals surface area contributed by atoms with Crippen molar-refractivity contribution in [2.75, 3.05) is 0 Å². The zero-order chi connectivity index (χ0) is 15.6. The molecule has 0 radical (unpaired) electrons. The summed E-state index contributed by atoms with van der Waals surface area (Å²) in [6.07, 6.45) is 0. The lowest BCUT2D eigenvalue weighted by molar-refractivity contribution is 1.30. The number of hydrogen-bond acceptors (Lipinski definition) is 0. The average Bonchev–Trinajstić information content (AvgIpc) is 2.27. The van der Waals surface area contributed by atoms with E-state index in [1.54, 1.807) is 0 Å². The Hall–Kier alpha value is -1.23. The van der Waals surface area contributed by atoms with Gasteiger partial charge in [0.05, 0.1) is 0 Å². The highest BCUT2D eigenvalue weighted by Gasteiger charge is 2.10. The molecule has 1 rings (SSSR count). The van der Waals surface area contributed by atoms with Gasteiger partial charge in [0.1, 0.15) is 16.1 Å². The third kappa shape index (κ3) is 5.41. The number of rotatable bonds is 0. The molecule has 0 aliphatic rings. The molecule has 0 saturated carbocycles. The van der Waals surface area contributed by atoms with Gasteiger partial charge >= 0.3 is 0 Å².